The summed E-state index contributed by atoms with van der Waals surface area (Å²) in [7, 11) is 0. The molecule has 0 aliphatic heterocycles. The van der Waals surface area contributed by atoms with Gasteiger partial charge in [0.15, 0.2) is 0 Å². The number of benzene rings is 1. The van der Waals surface area contributed by atoms with E-state index < -0.39 is 0 Å². The van der Waals surface area contributed by atoms with Gasteiger partial charge >= 0.3 is 0 Å². The molecule has 0 bridgehead atoms. The average molecular weight is 374 g/mol. The van der Waals surface area contributed by atoms with Gasteiger partial charge in [0.2, 0.25) is 0 Å². The minimum atomic E-state index is 0.632. The molecule has 0 saturated carbocycles. The average Bonchev–Trinajstić information content (AvgIpc) is 2.50. The van der Waals surface area contributed by atoms with Crippen LogP contribution in [0.15, 0.2) is 28.7 Å². The minimum Gasteiger partial charge on any atom is -0.126 e. The molecule has 0 heterocycles. The number of halogens is 2. The number of alkyl halides is 1. The van der Waals surface area contributed by atoms with E-state index in [1.165, 1.54) is 63.4 Å². The van der Waals surface area contributed by atoms with Crippen LogP contribution in [0.2, 0.25) is 0 Å². The zero-order chi connectivity index (χ0) is 15.3. The molecule has 21 heavy (non-hydrogen) atoms. The van der Waals surface area contributed by atoms with Crippen molar-refractivity contribution >= 4 is 27.5 Å². The van der Waals surface area contributed by atoms with E-state index in [-0.39, 0.29) is 0 Å². The quantitative estimate of drug-likeness (QED) is 0.265. The summed E-state index contributed by atoms with van der Waals surface area (Å²) in [4.78, 5) is 0. The molecule has 0 saturated heterocycles. The molecule has 1 aromatic rings. The Balaban J connectivity index is 2.09. The lowest BCUT2D eigenvalue weighted by atomic mass is 9.95. The second-order valence-electron chi connectivity index (χ2n) is 6.11. The molecule has 0 aromatic heterocycles. The van der Waals surface area contributed by atoms with Gasteiger partial charge in [-0.2, -0.15) is 0 Å². The molecule has 120 valence electrons. The van der Waals surface area contributed by atoms with Crippen LogP contribution >= 0.6 is 27.5 Å². The predicted molar refractivity (Wildman–Crippen MR) is 99.3 cm³/mol. The number of unbranched alkanes of at least 4 members (excludes halogenated alkanes) is 7. The first-order chi connectivity index (χ1) is 10.3. The van der Waals surface area contributed by atoms with Gasteiger partial charge in [-0.1, -0.05) is 86.4 Å². The van der Waals surface area contributed by atoms with Crippen LogP contribution < -0.4 is 0 Å². The molecule has 2 heteroatoms. The van der Waals surface area contributed by atoms with Crippen LogP contribution in [0, 0.1) is 5.92 Å². The van der Waals surface area contributed by atoms with Crippen molar-refractivity contribution in [3.63, 3.8) is 0 Å². The normalized spacial score (nSPS) is 12.5. The van der Waals surface area contributed by atoms with E-state index in [1.807, 2.05) is 0 Å². The standard InChI is InChI=1S/C19H30BrCl/c1-2-3-4-5-6-7-8-9-10-18(16-21)15-17-11-13-19(20)14-12-17/h11-14,18H,2-10,15-16H2,1H3. The van der Waals surface area contributed by atoms with Crippen molar-refractivity contribution in [1.29, 1.82) is 0 Å². The fourth-order valence-corrected chi connectivity index (χ4v) is 3.28. The van der Waals surface area contributed by atoms with Gasteiger partial charge in [-0.3, -0.25) is 0 Å². The molecule has 1 rings (SSSR count). The van der Waals surface area contributed by atoms with Crippen molar-refractivity contribution < 1.29 is 0 Å². The fourth-order valence-electron chi connectivity index (χ4n) is 2.75. The zero-order valence-corrected chi connectivity index (χ0v) is 15.8. The Hall–Kier alpha value is -0.0100. The smallest absolute Gasteiger partial charge is 0.0254 e. The Labute approximate surface area is 144 Å². The summed E-state index contributed by atoms with van der Waals surface area (Å²) >= 11 is 9.62. The highest BCUT2D eigenvalue weighted by Crippen LogP contribution is 2.20. The van der Waals surface area contributed by atoms with Gasteiger partial charge in [0.25, 0.3) is 0 Å². The van der Waals surface area contributed by atoms with Gasteiger partial charge in [-0.05, 0) is 36.5 Å². The van der Waals surface area contributed by atoms with Crippen LogP contribution in [0.5, 0.6) is 0 Å². The van der Waals surface area contributed by atoms with Gasteiger partial charge in [-0.15, -0.1) is 11.6 Å². The van der Waals surface area contributed by atoms with Crippen LogP contribution in [0.3, 0.4) is 0 Å². The highest BCUT2D eigenvalue weighted by molar-refractivity contribution is 9.10. The lowest BCUT2D eigenvalue weighted by Gasteiger charge is -2.14. The maximum absolute atomic E-state index is 6.14. The predicted octanol–water partition coefficient (Wildman–Crippen LogP) is 7.38. The van der Waals surface area contributed by atoms with Crippen molar-refractivity contribution in [3.05, 3.63) is 34.3 Å². The first-order valence-corrected chi connectivity index (χ1v) is 9.89. The Morgan fingerprint density at radius 3 is 2.05 bits per heavy atom. The van der Waals surface area contributed by atoms with E-state index in [2.05, 4.69) is 47.1 Å². The van der Waals surface area contributed by atoms with Crippen molar-refractivity contribution in [1.82, 2.24) is 0 Å². The zero-order valence-electron chi connectivity index (χ0n) is 13.4. The molecule has 0 N–H and O–H groups in total. The summed E-state index contributed by atoms with van der Waals surface area (Å²) in [5.74, 6) is 1.42. The monoisotopic (exact) mass is 372 g/mol. The SMILES string of the molecule is CCCCCCCCCCC(CCl)Cc1ccc(Br)cc1. The van der Waals surface area contributed by atoms with Crippen LogP contribution in [0.25, 0.3) is 0 Å². The Morgan fingerprint density at radius 1 is 0.905 bits per heavy atom. The van der Waals surface area contributed by atoms with Crippen LogP contribution in [0.1, 0.15) is 70.3 Å². The summed E-state index contributed by atoms with van der Waals surface area (Å²) in [6.45, 7) is 2.28. The van der Waals surface area contributed by atoms with Crippen molar-refractivity contribution in [2.75, 3.05) is 5.88 Å². The van der Waals surface area contributed by atoms with Gasteiger partial charge in [-0.25, -0.2) is 0 Å². The number of rotatable bonds is 12. The third-order valence-corrected chi connectivity index (χ3v) is 5.09. The fraction of sp³-hybridized carbons (Fsp3) is 0.684. The second-order valence-corrected chi connectivity index (χ2v) is 7.34. The molecule has 0 amide bonds. The van der Waals surface area contributed by atoms with Crippen LogP contribution in [-0.4, -0.2) is 5.88 Å². The third kappa shape index (κ3) is 9.58. The summed E-state index contributed by atoms with van der Waals surface area (Å²) < 4.78 is 1.15. The molecule has 0 fully saturated rings. The largest absolute Gasteiger partial charge is 0.126 e. The third-order valence-electron chi connectivity index (χ3n) is 4.12. The van der Waals surface area contributed by atoms with Gasteiger partial charge in [0.1, 0.15) is 0 Å². The van der Waals surface area contributed by atoms with Crippen LogP contribution in [-0.2, 0) is 6.42 Å². The van der Waals surface area contributed by atoms with E-state index in [0.717, 1.165) is 16.8 Å². The van der Waals surface area contributed by atoms with E-state index in [0.29, 0.717) is 5.92 Å². The van der Waals surface area contributed by atoms with Crippen molar-refractivity contribution in [3.8, 4) is 0 Å². The molecule has 1 atom stereocenters. The molecule has 0 nitrogen and oxygen atoms in total. The van der Waals surface area contributed by atoms with Gasteiger partial charge in [0.05, 0.1) is 0 Å². The maximum Gasteiger partial charge on any atom is 0.0254 e. The molecular weight excluding hydrogens is 344 g/mol. The Morgan fingerprint density at radius 2 is 1.48 bits per heavy atom. The highest BCUT2D eigenvalue weighted by Gasteiger charge is 2.08. The Bertz CT molecular complexity index is 347. The van der Waals surface area contributed by atoms with E-state index >= 15 is 0 Å². The summed E-state index contributed by atoms with van der Waals surface area (Å²) in [6, 6.07) is 8.66. The highest BCUT2D eigenvalue weighted by atomic mass is 79.9. The summed E-state index contributed by atoms with van der Waals surface area (Å²) in [6.07, 6.45) is 13.5. The Kier molecular flexibility index (Phi) is 11.4. The molecule has 0 aliphatic carbocycles. The van der Waals surface area contributed by atoms with E-state index in [4.69, 9.17) is 11.6 Å². The van der Waals surface area contributed by atoms with Gasteiger partial charge in [0, 0.05) is 10.4 Å². The molecule has 1 unspecified atom stereocenters. The summed E-state index contributed by atoms with van der Waals surface area (Å²) in [5, 5.41) is 0. The lowest BCUT2D eigenvalue weighted by Crippen LogP contribution is -2.06. The second kappa shape index (κ2) is 12.5. The van der Waals surface area contributed by atoms with E-state index in [9.17, 15) is 0 Å². The minimum absolute atomic E-state index is 0.632. The van der Waals surface area contributed by atoms with E-state index in [1.54, 1.807) is 0 Å². The summed E-state index contributed by atoms with van der Waals surface area (Å²) in [5.41, 5.74) is 1.41. The molecule has 0 spiro atoms. The van der Waals surface area contributed by atoms with Crippen molar-refractivity contribution in [2.45, 2.75) is 71.1 Å². The maximum atomic E-state index is 6.14. The molecular formula is C19H30BrCl. The molecule has 0 aliphatic rings. The van der Waals surface area contributed by atoms with Crippen LogP contribution in [0.4, 0.5) is 0 Å². The molecule has 0 radical (unpaired) electrons. The number of hydrogen-bond donors (Lipinski definition) is 0. The topological polar surface area (TPSA) is 0 Å². The molecule has 1 aromatic carbocycles. The first kappa shape index (κ1) is 19.0. The lowest BCUT2D eigenvalue weighted by molar-refractivity contribution is 0.482. The van der Waals surface area contributed by atoms with Crippen molar-refractivity contribution in [2.24, 2.45) is 5.92 Å². The van der Waals surface area contributed by atoms with Gasteiger partial charge < -0.3 is 0 Å². The first-order valence-electron chi connectivity index (χ1n) is 8.56. The number of hydrogen-bond acceptors (Lipinski definition) is 0.